The van der Waals surface area contributed by atoms with Gasteiger partial charge in [-0.15, -0.1) is 0 Å². The molecule has 6 nitrogen and oxygen atoms in total. The molecular weight excluding hydrogens is 332 g/mol. The van der Waals surface area contributed by atoms with E-state index in [4.69, 9.17) is 9.47 Å². The molecule has 0 bridgehead atoms. The molecule has 2 aromatic rings. The van der Waals surface area contributed by atoms with Gasteiger partial charge >= 0.3 is 0 Å². The molecule has 1 aliphatic heterocycles. The van der Waals surface area contributed by atoms with E-state index in [2.05, 4.69) is 5.32 Å². The molecule has 4 rings (SSSR count). The van der Waals surface area contributed by atoms with Gasteiger partial charge in [-0.1, -0.05) is 18.2 Å². The van der Waals surface area contributed by atoms with Crippen molar-refractivity contribution >= 4 is 17.5 Å². The molecule has 1 N–H and O–H groups in total. The monoisotopic (exact) mass is 352 g/mol. The second-order valence-electron chi connectivity index (χ2n) is 6.48. The minimum atomic E-state index is -0.698. The Morgan fingerprint density at radius 1 is 1.15 bits per heavy atom. The van der Waals surface area contributed by atoms with Crippen molar-refractivity contribution in [1.29, 1.82) is 0 Å². The van der Waals surface area contributed by atoms with Crippen LogP contribution in [0.15, 0.2) is 48.5 Å². The number of methoxy groups -OCH3 is 1. The van der Waals surface area contributed by atoms with Gasteiger partial charge in [0.25, 0.3) is 11.8 Å². The van der Waals surface area contributed by atoms with Crippen LogP contribution in [0.5, 0.6) is 11.5 Å². The predicted molar refractivity (Wildman–Crippen MR) is 96.2 cm³/mol. The summed E-state index contributed by atoms with van der Waals surface area (Å²) in [5.74, 6) is 0.900. The fourth-order valence-corrected chi connectivity index (χ4v) is 3.27. The van der Waals surface area contributed by atoms with Gasteiger partial charge in [0.1, 0.15) is 17.5 Å². The van der Waals surface area contributed by atoms with Crippen LogP contribution in [-0.2, 0) is 9.59 Å². The lowest BCUT2D eigenvalue weighted by Crippen LogP contribution is -2.43. The lowest BCUT2D eigenvalue weighted by atomic mass is 10.0. The Bertz CT molecular complexity index is 830. The van der Waals surface area contributed by atoms with Crippen LogP contribution < -0.4 is 14.8 Å². The van der Waals surface area contributed by atoms with Gasteiger partial charge in [-0.25, -0.2) is 0 Å². The van der Waals surface area contributed by atoms with Gasteiger partial charge in [0.05, 0.1) is 7.11 Å². The molecule has 1 aliphatic carbocycles. The molecule has 2 amide bonds. The van der Waals surface area contributed by atoms with E-state index < -0.39 is 6.04 Å². The highest BCUT2D eigenvalue weighted by Crippen LogP contribution is 2.40. The number of carbonyl (C=O) groups is 2. The Balaban J connectivity index is 1.67. The molecule has 2 aromatic carbocycles. The maximum Gasteiger partial charge on any atom is 0.261 e. The number of benzene rings is 2. The van der Waals surface area contributed by atoms with Crippen molar-refractivity contribution in [2.75, 3.05) is 19.0 Å². The van der Waals surface area contributed by atoms with E-state index >= 15 is 0 Å². The van der Waals surface area contributed by atoms with Crippen LogP contribution in [0.2, 0.25) is 0 Å². The van der Waals surface area contributed by atoms with Gasteiger partial charge in [-0.2, -0.15) is 0 Å². The molecule has 26 heavy (non-hydrogen) atoms. The zero-order valence-electron chi connectivity index (χ0n) is 14.5. The molecule has 1 heterocycles. The molecule has 0 saturated heterocycles. The Labute approximate surface area is 151 Å². The SMILES string of the molecule is COc1ccc(NC(=O)C2c3ccccc3OCC(=O)N2C2CC2)cc1. The quantitative estimate of drug-likeness (QED) is 0.919. The predicted octanol–water partition coefficient (Wildman–Crippen LogP) is 2.76. The number of ether oxygens (including phenoxy) is 2. The maximum absolute atomic E-state index is 13.1. The van der Waals surface area contributed by atoms with Gasteiger partial charge in [-0.05, 0) is 43.2 Å². The van der Waals surface area contributed by atoms with Crippen molar-refractivity contribution in [2.45, 2.75) is 24.9 Å². The molecule has 1 atom stereocenters. The van der Waals surface area contributed by atoms with E-state index in [1.807, 2.05) is 18.2 Å². The topological polar surface area (TPSA) is 67.9 Å². The summed E-state index contributed by atoms with van der Waals surface area (Å²) in [6.45, 7) is -0.0418. The first-order chi connectivity index (χ1) is 12.7. The lowest BCUT2D eigenvalue weighted by Gasteiger charge is -2.29. The highest BCUT2D eigenvalue weighted by Gasteiger charge is 2.43. The molecule has 134 valence electrons. The van der Waals surface area contributed by atoms with Gasteiger partial charge in [0, 0.05) is 17.3 Å². The smallest absolute Gasteiger partial charge is 0.261 e. The fraction of sp³-hybridized carbons (Fsp3) is 0.300. The number of nitrogens with one attached hydrogen (secondary N) is 1. The second kappa shape index (κ2) is 6.71. The minimum absolute atomic E-state index is 0.0418. The summed E-state index contributed by atoms with van der Waals surface area (Å²) in [5, 5.41) is 2.92. The summed E-state index contributed by atoms with van der Waals surface area (Å²) >= 11 is 0. The number of fused-ring (bicyclic) bond motifs is 1. The first kappa shape index (κ1) is 16.4. The van der Waals surface area contributed by atoms with Crippen molar-refractivity contribution < 1.29 is 19.1 Å². The Morgan fingerprint density at radius 3 is 2.58 bits per heavy atom. The third-order valence-electron chi connectivity index (χ3n) is 4.68. The van der Waals surface area contributed by atoms with E-state index in [1.54, 1.807) is 42.3 Å². The molecular formula is C20H20N2O4. The number of rotatable bonds is 4. The zero-order chi connectivity index (χ0) is 18.1. The summed E-state index contributed by atoms with van der Waals surface area (Å²) in [4.78, 5) is 27.4. The van der Waals surface area contributed by atoms with Crippen molar-refractivity contribution in [2.24, 2.45) is 0 Å². The number of hydrogen-bond donors (Lipinski definition) is 1. The molecule has 2 aliphatic rings. The van der Waals surface area contributed by atoms with Crippen LogP contribution >= 0.6 is 0 Å². The third-order valence-corrected chi connectivity index (χ3v) is 4.68. The Morgan fingerprint density at radius 2 is 1.88 bits per heavy atom. The number of nitrogens with zero attached hydrogens (tertiary/aromatic N) is 1. The summed E-state index contributed by atoms with van der Waals surface area (Å²) in [6, 6.07) is 13.9. The normalized spacial score (nSPS) is 19.2. The molecule has 0 radical (unpaired) electrons. The van der Waals surface area contributed by atoms with Gasteiger partial charge in [-0.3, -0.25) is 9.59 Å². The molecule has 0 aromatic heterocycles. The van der Waals surface area contributed by atoms with Crippen molar-refractivity contribution in [3.63, 3.8) is 0 Å². The number of para-hydroxylation sites is 1. The molecule has 6 heteroatoms. The highest BCUT2D eigenvalue weighted by molar-refractivity contribution is 5.99. The van der Waals surface area contributed by atoms with E-state index in [9.17, 15) is 9.59 Å². The average Bonchev–Trinajstić information content (AvgIpc) is 3.50. The molecule has 1 saturated carbocycles. The number of anilines is 1. The summed E-state index contributed by atoms with van der Waals surface area (Å²) < 4.78 is 10.8. The van der Waals surface area contributed by atoms with Gasteiger partial charge < -0.3 is 19.7 Å². The van der Waals surface area contributed by atoms with Crippen molar-refractivity contribution in [3.8, 4) is 11.5 Å². The summed E-state index contributed by atoms with van der Waals surface area (Å²) in [7, 11) is 1.59. The van der Waals surface area contributed by atoms with E-state index in [-0.39, 0.29) is 24.5 Å². The first-order valence-electron chi connectivity index (χ1n) is 8.65. The third kappa shape index (κ3) is 3.10. The number of hydrogen-bond acceptors (Lipinski definition) is 4. The standard InChI is InChI=1S/C20H20N2O4/c1-25-15-10-6-13(7-11-15)21-20(24)19-16-4-2-3-5-17(16)26-12-18(23)22(19)14-8-9-14/h2-7,10-11,14,19H,8-9,12H2,1H3,(H,21,24). The van der Waals surface area contributed by atoms with Crippen molar-refractivity contribution in [3.05, 3.63) is 54.1 Å². The van der Waals surface area contributed by atoms with Crippen LogP contribution in [0.1, 0.15) is 24.4 Å². The van der Waals surface area contributed by atoms with Crippen molar-refractivity contribution in [1.82, 2.24) is 4.90 Å². The Hall–Kier alpha value is -3.02. The first-order valence-corrected chi connectivity index (χ1v) is 8.65. The largest absolute Gasteiger partial charge is 0.497 e. The van der Waals surface area contributed by atoms with Crippen LogP contribution in [0.4, 0.5) is 5.69 Å². The lowest BCUT2D eigenvalue weighted by molar-refractivity contribution is -0.140. The number of carbonyl (C=O) groups excluding carboxylic acids is 2. The summed E-state index contributed by atoms with van der Waals surface area (Å²) in [5.41, 5.74) is 1.37. The average molecular weight is 352 g/mol. The van der Waals surface area contributed by atoms with Crippen LogP contribution in [0.3, 0.4) is 0 Å². The van der Waals surface area contributed by atoms with Gasteiger partial charge in [0.15, 0.2) is 6.61 Å². The van der Waals surface area contributed by atoms with Crippen LogP contribution in [0, 0.1) is 0 Å². The molecule has 0 spiro atoms. The zero-order valence-corrected chi connectivity index (χ0v) is 14.5. The summed E-state index contributed by atoms with van der Waals surface area (Å²) in [6.07, 6.45) is 1.83. The molecule has 1 fully saturated rings. The fourth-order valence-electron chi connectivity index (χ4n) is 3.27. The van der Waals surface area contributed by atoms with Crippen LogP contribution in [0.25, 0.3) is 0 Å². The highest BCUT2D eigenvalue weighted by atomic mass is 16.5. The minimum Gasteiger partial charge on any atom is -0.497 e. The number of amides is 2. The Kier molecular flexibility index (Phi) is 4.24. The van der Waals surface area contributed by atoms with Crippen LogP contribution in [-0.4, -0.2) is 36.5 Å². The van der Waals surface area contributed by atoms with E-state index in [0.29, 0.717) is 17.2 Å². The van der Waals surface area contributed by atoms with E-state index in [1.165, 1.54) is 0 Å². The molecule has 1 unspecified atom stereocenters. The van der Waals surface area contributed by atoms with Gasteiger partial charge in [0.2, 0.25) is 0 Å². The maximum atomic E-state index is 13.1. The second-order valence-corrected chi connectivity index (χ2v) is 6.48. The van der Waals surface area contributed by atoms with E-state index in [0.717, 1.165) is 18.4 Å².